The maximum absolute atomic E-state index is 11.0. The molecule has 1 atom stereocenters. The van der Waals surface area contributed by atoms with Gasteiger partial charge in [-0.1, -0.05) is 30.3 Å². The molecule has 0 spiro atoms. The van der Waals surface area contributed by atoms with Gasteiger partial charge in [0.2, 0.25) is 0 Å². The van der Waals surface area contributed by atoms with E-state index in [1.165, 1.54) is 0 Å². The predicted octanol–water partition coefficient (Wildman–Crippen LogP) is 2.64. The quantitative estimate of drug-likeness (QED) is 0.451. The molecule has 2 rings (SSSR count). The van der Waals surface area contributed by atoms with Crippen LogP contribution >= 0.6 is 0 Å². The summed E-state index contributed by atoms with van der Waals surface area (Å²) < 4.78 is 27.4. The van der Waals surface area contributed by atoms with E-state index in [2.05, 4.69) is 0 Å². The molecular weight excluding hydrogens is 248 g/mol. The van der Waals surface area contributed by atoms with Crippen molar-refractivity contribution in [2.24, 2.45) is 0 Å². The van der Waals surface area contributed by atoms with Gasteiger partial charge in [0, 0.05) is 0 Å². The number of ether oxygens (including phenoxy) is 1. The summed E-state index contributed by atoms with van der Waals surface area (Å²) in [4.78, 5) is 0. The molecule has 0 saturated carbocycles. The maximum Gasteiger partial charge on any atom is 0.155 e. The van der Waals surface area contributed by atoms with Crippen LogP contribution in [0.2, 0.25) is 0 Å². The Labute approximate surface area is 108 Å². The van der Waals surface area contributed by atoms with Crippen molar-refractivity contribution >= 4 is 15.4 Å². The lowest BCUT2D eigenvalue weighted by Crippen LogP contribution is -1.94. The summed E-state index contributed by atoms with van der Waals surface area (Å²) in [6, 6.07) is 10.0. The third-order valence-corrected chi connectivity index (χ3v) is 4.95. The first-order valence-corrected chi connectivity index (χ1v) is 7.86. The molecule has 0 aliphatic carbocycles. The van der Waals surface area contributed by atoms with Gasteiger partial charge in [0.25, 0.3) is 0 Å². The molecule has 0 amide bonds. The topological polar surface area (TPSA) is 43.4 Å². The molecular formula is C14H18O3S. The minimum atomic E-state index is -2.67. The Bertz CT molecular complexity index is 517. The third-order valence-electron chi connectivity index (χ3n) is 3.09. The number of benzene rings is 1. The lowest BCUT2D eigenvalue weighted by atomic mass is 10.1. The first-order chi connectivity index (χ1) is 8.59. The molecule has 1 unspecified atom stereocenters. The molecule has 1 saturated heterocycles. The average Bonchev–Trinajstić information content (AvgIpc) is 2.97. The zero-order chi connectivity index (χ0) is 13.0. The fourth-order valence-corrected chi connectivity index (χ4v) is 3.30. The van der Waals surface area contributed by atoms with E-state index in [0.717, 1.165) is 24.0 Å². The van der Waals surface area contributed by atoms with Crippen LogP contribution in [0.25, 0.3) is 5.57 Å². The highest BCUT2D eigenvalue weighted by Gasteiger charge is 2.42. The minimum absolute atomic E-state index is 0.0969. The third kappa shape index (κ3) is 3.60. The molecule has 4 heteroatoms. The van der Waals surface area contributed by atoms with Crippen molar-refractivity contribution < 1.29 is 13.2 Å². The van der Waals surface area contributed by atoms with E-state index in [1.807, 2.05) is 37.3 Å². The fourth-order valence-electron chi connectivity index (χ4n) is 1.83. The van der Waals surface area contributed by atoms with Crippen molar-refractivity contribution in [2.75, 3.05) is 12.4 Å². The molecule has 98 valence electrons. The summed E-state index contributed by atoms with van der Waals surface area (Å²) in [6.45, 7) is 2.58. The van der Waals surface area contributed by atoms with Gasteiger partial charge in [-0.25, -0.2) is 8.42 Å². The highest BCUT2D eigenvalue weighted by molar-refractivity contribution is 7.99. The highest BCUT2D eigenvalue weighted by atomic mass is 32.2. The van der Waals surface area contributed by atoms with E-state index in [-0.39, 0.29) is 5.25 Å². The average molecular weight is 266 g/mol. The van der Waals surface area contributed by atoms with E-state index in [4.69, 9.17) is 4.74 Å². The van der Waals surface area contributed by atoms with Crippen LogP contribution in [0.5, 0.6) is 0 Å². The number of rotatable bonds is 6. The van der Waals surface area contributed by atoms with Crippen molar-refractivity contribution in [3.8, 4) is 0 Å². The standard InChI is InChI=1S/C14H18O3S/c1-12(13-6-3-2-4-7-13)10-17-9-5-8-14-11-18(14,15)16/h2-4,6-7,10,14H,5,8-9,11H2,1H3/b12-10-. The Morgan fingerprint density at radius 1 is 1.39 bits per heavy atom. The van der Waals surface area contributed by atoms with E-state index in [9.17, 15) is 8.42 Å². The second-order valence-corrected chi connectivity index (χ2v) is 6.96. The van der Waals surface area contributed by atoms with Gasteiger partial charge in [0.15, 0.2) is 9.84 Å². The van der Waals surface area contributed by atoms with Gasteiger partial charge in [-0.05, 0) is 30.9 Å². The molecule has 1 fully saturated rings. The minimum Gasteiger partial charge on any atom is -0.501 e. The van der Waals surface area contributed by atoms with Crippen LogP contribution in [0, 0.1) is 0 Å². The van der Waals surface area contributed by atoms with Crippen LogP contribution in [0.1, 0.15) is 25.3 Å². The smallest absolute Gasteiger partial charge is 0.155 e. The second kappa shape index (κ2) is 5.57. The van der Waals surface area contributed by atoms with Gasteiger partial charge in [0.05, 0.1) is 23.9 Å². The number of hydrogen-bond donors (Lipinski definition) is 0. The molecule has 0 N–H and O–H groups in total. The van der Waals surface area contributed by atoms with Gasteiger partial charge in [-0.15, -0.1) is 0 Å². The Kier molecular flexibility index (Phi) is 4.07. The monoisotopic (exact) mass is 266 g/mol. The molecule has 1 heterocycles. The molecule has 0 aromatic heterocycles. The van der Waals surface area contributed by atoms with E-state index in [1.54, 1.807) is 6.26 Å². The second-order valence-electron chi connectivity index (χ2n) is 4.63. The largest absolute Gasteiger partial charge is 0.501 e. The first-order valence-electron chi connectivity index (χ1n) is 6.15. The summed E-state index contributed by atoms with van der Waals surface area (Å²) in [7, 11) is -2.67. The van der Waals surface area contributed by atoms with Crippen LogP contribution in [0.3, 0.4) is 0 Å². The van der Waals surface area contributed by atoms with Crippen LogP contribution in [-0.4, -0.2) is 26.0 Å². The van der Waals surface area contributed by atoms with Crippen LogP contribution in [0.4, 0.5) is 0 Å². The summed E-state index contributed by atoms with van der Waals surface area (Å²) >= 11 is 0. The summed E-state index contributed by atoms with van der Waals surface area (Å²) in [5, 5.41) is -0.0969. The van der Waals surface area contributed by atoms with Gasteiger partial charge in [0.1, 0.15) is 0 Å². The van der Waals surface area contributed by atoms with Gasteiger partial charge >= 0.3 is 0 Å². The molecule has 0 radical (unpaired) electrons. The molecule has 1 aliphatic rings. The van der Waals surface area contributed by atoms with E-state index < -0.39 is 9.84 Å². The number of allylic oxidation sites excluding steroid dienone is 1. The molecule has 1 aromatic carbocycles. The van der Waals surface area contributed by atoms with Gasteiger partial charge in [-0.2, -0.15) is 0 Å². The molecule has 3 nitrogen and oxygen atoms in total. The van der Waals surface area contributed by atoms with E-state index >= 15 is 0 Å². The lowest BCUT2D eigenvalue weighted by Gasteiger charge is -2.03. The zero-order valence-electron chi connectivity index (χ0n) is 10.5. The molecule has 18 heavy (non-hydrogen) atoms. The molecule has 1 aliphatic heterocycles. The Morgan fingerprint density at radius 2 is 2.06 bits per heavy atom. The summed E-state index contributed by atoms with van der Waals surface area (Å²) in [6.07, 6.45) is 3.26. The van der Waals surface area contributed by atoms with Gasteiger partial charge < -0.3 is 4.74 Å². The van der Waals surface area contributed by atoms with Crippen molar-refractivity contribution in [1.82, 2.24) is 0 Å². The number of hydrogen-bond acceptors (Lipinski definition) is 3. The molecule has 1 aromatic rings. The maximum atomic E-state index is 11.0. The number of sulfone groups is 1. The Morgan fingerprint density at radius 3 is 2.67 bits per heavy atom. The van der Waals surface area contributed by atoms with Crippen LogP contribution in [-0.2, 0) is 14.6 Å². The first kappa shape index (κ1) is 13.1. The van der Waals surface area contributed by atoms with Crippen molar-refractivity contribution in [3.05, 3.63) is 42.2 Å². The van der Waals surface area contributed by atoms with Crippen LogP contribution < -0.4 is 0 Å². The normalized spacial score (nSPS) is 21.6. The fraction of sp³-hybridized carbons (Fsp3) is 0.429. The Hall–Kier alpha value is -1.29. The zero-order valence-corrected chi connectivity index (χ0v) is 11.3. The van der Waals surface area contributed by atoms with Crippen molar-refractivity contribution in [1.29, 1.82) is 0 Å². The lowest BCUT2D eigenvalue weighted by molar-refractivity contribution is 0.244. The summed E-state index contributed by atoms with van der Waals surface area (Å²) in [5.41, 5.74) is 2.22. The van der Waals surface area contributed by atoms with Crippen molar-refractivity contribution in [2.45, 2.75) is 25.0 Å². The van der Waals surface area contributed by atoms with Crippen LogP contribution in [0.15, 0.2) is 36.6 Å². The summed E-state index contributed by atoms with van der Waals surface area (Å²) in [5.74, 6) is 0.367. The SMILES string of the molecule is C/C(=C/OCCCC1CS1(=O)=O)c1ccccc1. The van der Waals surface area contributed by atoms with Gasteiger partial charge in [-0.3, -0.25) is 0 Å². The van der Waals surface area contributed by atoms with Crippen molar-refractivity contribution in [3.63, 3.8) is 0 Å². The Balaban J connectivity index is 1.68. The van der Waals surface area contributed by atoms with E-state index in [0.29, 0.717) is 12.4 Å². The molecule has 0 bridgehead atoms. The predicted molar refractivity (Wildman–Crippen MR) is 72.9 cm³/mol. The highest BCUT2D eigenvalue weighted by Crippen LogP contribution is 2.25.